The number of rotatable bonds is 9. The Hall–Kier alpha value is -3.04. The number of carbonyl (C=O) groups excluding carboxylic acids is 1. The Morgan fingerprint density at radius 2 is 1.81 bits per heavy atom. The molecule has 0 saturated heterocycles. The van der Waals surface area contributed by atoms with E-state index in [0.29, 0.717) is 30.8 Å². The van der Waals surface area contributed by atoms with E-state index in [1.54, 1.807) is 24.3 Å². The molecule has 2 aromatic carbocycles. The molecule has 4 rings (SSSR count). The molecule has 0 amide bonds. The van der Waals surface area contributed by atoms with Crippen LogP contribution in [0, 0.1) is 0 Å². The number of nitrogens with one attached hydrogen (secondary N) is 1. The van der Waals surface area contributed by atoms with Crippen molar-refractivity contribution in [3.8, 4) is 10.6 Å². The van der Waals surface area contributed by atoms with Gasteiger partial charge in [0.25, 0.3) is 10.0 Å². The Morgan fingerprint density at radius 3 is 2.66 bits per heavy atom. The number of hydrogen-bond acceptors (Lipinski definition) is 7. The van der Waals surface area contributed by atoms with Crippen molar-refractivity contribution in [3.63, 3.8) is 0 Å². The predicted octanol–water partition coefficient (Wildman–Crippen LogP) is 4.15. The van der Waals surface area contributed by atoms with Crippen LogP contribution < -0.4 is 4.72 Å². The summed E-state index contributed by atoms with van der Waals surface area (Å²) in [5.74, 6) is 0.140. The number of nitrogens with zero attached hydrogens (tertiary/aromatic N) is 2. The smallest absolute Gasteiger partial charge is 0.306 e. The second kappa shape index (κ2) is 10.1. The van der Waals surface area contributed by atoms with Crippen molar-refractivity contribution < 1.29 is 17.9 Å². The molecular formula is C23H23N3O4S2. The number of benzene rings is 2. The Morgan fingerprint density at radius 1 is 1.03 bits per heavy atom. The van der Waals surface area contributed by atoms with Crippen LogP contribution in [-0.4, -0.2) is 31.8 Å². The maximum absolute atomic E-state index is 12.1. The molecule has 0 radical (unpaired) electrons. The average Bonchev–Trinajstić information content (AvgIpc) is 3.38. The average molecular weight is 470 g/mol. The predicted molar refractivity (Wildman–Crippen MR) is 124 cm³/mol. The molecule has 0 atom stereocenters. The van der Waals surface area contributed by atoms with Crippen molar-refractivity contribution in [1.82, 2.24) is 9.71 Å². The second-order valence-corrected chi connectivity index (χ2v) is 9.82. The SMILES string of the molecule is O=C(CCCCCN=C1NS(=O)(=O)c2ccccc21)OCc1csc(-c2ccccc2)n1. The number of aliphatic imine (C=N–C) groups is 1. The summed E-state index contributed by atoms with van der Waals surface area (Å²) in [6.45, 7) is 0.664. The first kappa shape index (κ1) is 22.2. The van der Waals surface area contributed by atoms with Crippen LogP contribution in [-0.2, 0) is 26.2 Å². The van der Waals surface area contributed by atoms with E-state index in [2.05, 4.69) is 14.7 Å². The standard InChI is InChI=1S/C23H23N3O4S2/c27-21(30-15-18-16-31-23(25-18)17-9-3-1-4-10-17)13-5-2-8-14-24-22-19-11-6-7-12-20(19)32(28,29)26-22/h1,3-4,6-7,9-12,16H,2,5,8,13-15H2,(H,24,26). The number of fused-ring (bicyclic) bond motifs is 1. The maximum atomic E-state index is 12.1. The molecule has 1 aromatic heterocycles. The van der Waals surface area contributed by atoms with Crippen molar-refractivity contribution >= 4 is 33.2 Å². The number of unbranched alkanes of at least 4 members (excludes halogenated alkanes) is 2. The molecule has 32 heavy (non-hydrogen) atoms. The molecule has 2 heterocycles. The third-order valence-corrected chi connectivity index (χ3v) is 7.26. The van der Waals surface area contributed by atoms with Crippen LogP contribution in [0.3, 0.4) is 0 Å². The first-order valence-electron chi connectivity index (χ1n) is 10.3. The molecule has 1 N–H and O–H groups in total. The lowest BCUT2D eigenvalue weighted by Gasteiger charge is -2.03. The van der Waals surface area contributed by atoms with E-state index < -0.39 is 10.0 Å². The van der Waals surface area contributed by atoms with Gasteiger partial charge in [0, 0.05) is 29.5 Å². The van der Waals surface area contributed by atoms with Crippen LogP contribution in [0.5, 0.6) is 0 Å². The molecule has 1 aliphatic heterocycles. The molecule has 7 nitrogen and oxygen atoms in total. The number of hydrogen-bond donors (Lipinski definition) is 1. The quantitative estimate of drug-likeness (QED) is 0.375. The molecule has 0 unspecified atom stereocenters. The number of thiazole rings is 1. The highest BCUT2D eigenvalue weighted by atomic mass is 32.2. The summed E-state index contributed by atoms with van der Waals surface area (Å²) in [4.78, 5) is 21.2. The minimum atomic E-state index is -3.50. The highest BCUT2D eigenvalue weighted by molar-refractivity contribution is 7.90. The van der Waals surface area contributed by atoms with Crippen LogP contribution in [0.4, 0.5) is 0 Å². The molecule has 0 spiro atoms. The van der Waals surface area contributed by atoms with Crippen molar-refractivity contribution in [2.75, 3.05) is 6.54 Å². The maximum Gasteiger partial charge on any atom is 0.306 e. The fourth-order valence-electron chi connectivity index (χ4n) is 3.31. The van der Waals surface area contributed by atoms with Gasteiger partial charge in [-0.3, -0.25) is 14.5 Å². The zero-order valence-electron chi connectivity index (χ0n) is 17.4. The highest BCUT2D eigenvalue weighted by Crippen LogP contribution is 2.24. The summed E-state index contributed by atoms with van der Waals surface area (Å²) < 4.78 is 31.9. The van der Waals surface area contributed by atoms with Crippen LogP contribution in [0.1, 0.15) is 36.9 Å². The van der Waals surface area contributed by atoms with Gasteiger partial charge in [0.15, 0.2) is 0 Å². The molecule has 1 aliphatic rings. The van der Waals surface area contributed by atoms with Gasteiger partial charge >= 0.3 is 5.97 Å². The van der Waals surface area contributed by atoms with Crippen LogP contribution in [0.25, 0.3) is 10.6 Å². The van der Waals surface area contributed by atoms with E-state index in [-0.39, 0.29) is 17.5 Å². The fourth-order valence-corrected chi connectivity index (χ4v) is 5.37. The molecule has 166 valence electrons. The van der Waals surface area contributed by atoms with Crippen molar-refractivity contribution in [2.24, 2.45) is 4.99 Å². The van der Waals surface area contributed by atoms with Gasteiger partial charge in [-0.2, -0.15) is 0 Å². The summed E-state index contributed by atoms with van der Waals surface area (Å²) in [6, 6.07) is 16.7. The molecule has 9 heteroatoms. The number of sulfonamides is 1. The first-order valence-corrected chi connectivity index (χ1v) is 12.7. The Balaban J connectivity index is 1.15. The summed E-state index contributed by atoms with van der Waals surface area (Å²) in [5, 5.41) is 2.81. The highest BCUT2D eigenvalue weighted by Gasteiger charge is 2.29. The largest absolute Gasteiger partial charge is 0.459 e. The van der Waals surface area contributed by atoms with Gasteiger partial charge in [-0.05, 0) is 25.0 Å². The molecule has 0 saturated carbocycles. The van der Waals surface area contributed by atoms with Gasteiger partial charge in [0.2, 0.25) is 0 Å². The molecule has 3 aromatic rings. The van der Waals surface area contributed by atoms with Crippen molar-refractivity contribution in [3.05, 3.63) is 71.2 Å². The number of carbonyl (C=O) groups is 1. The number of aromatic nitrogens is 1. The van der Waals surface area contributed by atoms with E-state index in [9.17, 15) is 13.2 Å². The Kier molecular flexibility index (Phi) is 6.96. The molecule has 0 fully saturated rings. The van der Waals surface area contributed by atoms with E-state index in [1.807, 2.05) is 35.7 Å². The Bertz CT molecular complexity index is 1220. The molecule has 0 bridgehead atoms. The number of ether oxygens (including phenoxy) is 1. The van der Waals surface area contributed by atoms with E-state index >= 15 is 0 Å². The van der Waals surface area contributed by atoms with Crippen molar-refractivity contribution in [1.29, 1.82) is 0 Å². The summed E-state index contributed by atoms with van der Waals surface area (Å²) in [6.07, 6.45) is 2.59. The van der Waals surface area contributed by atoms with E-state index in [4.69, 9.17) is 4.74 Å². The first-order chi connectivity index (χ1) is 15.5. The zero-order valence-corrected chi connectivity index (χ0v) is 19.0. The van der Waals surface area contributed by atoms with Crippen LogP contribution in [0.15, 0.2) is 69.9 Å². The third kappa shape index (κ3) is 5.41. The number of amidine groups is 1. The van der Waals surface area contributed by atoms with Gasteiger partial charge in [-0.1, -0.05) is 48.9 Å². The molecular weight excluding hydrogens is 446 g/mol. The second-order valence-electron chi connectivity index (χ2n) is 7.31. The lowest BCUT2D eigenvalue weighted by molar-refractivity contribution is -0.145. The van der Waals surface area contributed by atoms with Crippen LogP contribution in [0.2, 0.25) is 0 Å². The number of esters is 1. The minimum Gasteiger partial charge on any atom is -0.459 e. The minimum absolute atomic E-state index is 0.176. The van der Waals surface area contributed by atoms with Gasteiger partial charge in [0.1, 0.15) is 17.5 Å². The van der Waals surface area contributed by atoms with Gasteiger partial charge in [-0.25, -0.2) is 13.4 Å². The van der Waals surface area contributed by atoms with Crippen LogP contribution >= 0.6 is 11.3 Å². The van der Waals surface area contributed by atoms with Crippen molar-refractivity contribution in [2.45, 2.75) is 37.2 Å². The lowest BCUT2D eigenvalue weighted by atomic mass is 10.2. The van der Waals surface area contributed by atoms with E-state index in [0.717, 1.165) is 29.1 Å². The Labute approximate surface area is 191 Å². The normalized spacial score (nSPS) is 15.3. The summed E-state index contributed by atoms with van der Waals surface area (Å²) in [5.41, 5.74) is 2.40. The summed E-state index contributed by atoms with van der Waals surface area (Å²) in [7, 11) is -3.50. The van der Waals surface area contributed by atoms with Gasteiger partial charge < -0.3 is 4.74 Å². The third-order valence-electron chi connectivity index (χ3n) is 4.93. The zero-order chi connectivity index (χ0) is 22.4. The topological polar surface area (TPSA) is 97.7 Å². The fraction of sp³-hybridized carbons (Fsp3) is 0.261. The van der Waals surface area contributed by atoms with Gasteiger partial charge in [0.05, 0.1) is 10.6 Å². The van der Waals surface area contributed by atoms with Gasteiger partial charge in [-0.15, -0.1) is 11.3 Å². The van der Waals surface area contributed by atoms with E-state index in [1.165, 1.54) is 11.3 Å². The monoisotopic (exact) mass is 469 g/mol. The molecule has 0 aliphatic carbocycles. The summed E-state index contributed by atoms with van der Waals surface area (Å²) >= 11 is 1.53. The lowest BCUT2D eigenvalue weighted by Crippen LogP contribution is -2.22.